The fourth-order valence-corrected chi connectivity index (χ4v) is 8.40. The monoisotopic (exact) mass is 457 g/mol. The normalized spacial score (nSPS) is 37.7. The summed E-state index contributed by atoms with van der Waals surface area (Å²) < 4.78 is 14.8. The number of halogens is 1. The lowest BCUT2D eigenvalue weighted by Crippen LogP contribution is -2.65. The first-order valence-electron chi connectivity index (χ1n) is 12.4. The molecule has 5 aliphatic rings. The fraction of sp³-hybridized carbons (Fsp3) is 0.692. The molecule has 1 aromatic carbocycles. The van der Waals surface area contributed by atoms with Crippen molar-refractivity contribution >= 4 is 17.7 Å². The Hall–Kier alpha value is -2.15. The van der Waals surface area contributed by atoms with Gasteiger partial charge in [-0.15, -0.1) is 0 Å². The maximum Gasteiger partial charge on any atom is 0.319 e. The third kappa shape index (κ3) is 4.61. The van der Waals surface area contributed by atoms with Gasteiger partial charge in [0.05, 0.1) is 11.6 Å². The minimum Gasteiger partial charge on any atom is -0.481 e. The number of carbonyl (C=O) groups excluding carboxylic acids is 1. The van der Waals surface area contributed by atoms with Crippen LogP contribution in [0.3, 0.4) is 0 Å². The third-order valence-electron chi connectivity index (χ3n) is 8.55. The molecule has 4 saturated carbocycles. The smallest absolute Gasteiger partial charge is 0.319 e. The zero-order valence-electron chi connectivity index (χ0n) is 19.8. The number of urea groups is 1. The average molecular weight is 458 g/mol. The lowest BCUT2D eigenvalue weighted by molar-refractivity contribution is -0.143. The summed E-state index contributed by atoms with van der Waals surface area (Å²) in [7, 11) is 0. The predicted octanol–water partition coefficient (Wildman–Crippen LogP) is 4.99. The first-order chi connectivity index (χ1) is 15.5. The molecule has 4 bridgehead atoms. The largest absolute Gasteiger partial charge is 0.481 e. The Morgan fingerprint density at radius 1 is 1.15 bits per heavy atom. The molecule has 1 saturated heterocycles. The number of carboxylic acids is 1. The maximum absolute atomic E-state index is 14.8. The maximum atomic E-state index is 14.8. The Morgan fingerprint density at radius 3 is 2.52 bits per heavy atom. The Labute approximate surface area is 195 Å². The van der Waals surface area contributed by atoms with Gasteiger partial charge in [0, 0.05) is 18.6 Å². The molecule has 6 nitrogen and oxygen atoms in total. The van der Waals surface area contributed by atoms with Crippen LogP contribution in [-0.2, 0) is 11.3 Å². The van der Waals surface area contributed by atoms with Crippen molar-refractivity contribution in [2.24, 2.45) is 22.7 Å². The summed E-state index contributed by atoms with van der Waals surface area (Å²) in [5.41, 5.74) is 1.37. The van der Waals surface area contributed by atoms with E-state index in [9.17, 15) is 19.1 Å². The zero-order chi connectivity index (χ0) is 23.4. The second-order valence-corrected chi connectivity index (χ2v) is 12.2. The molecular weight excluding hydrogens is 421 g/mol. The summed E-state index contributed by atoms with van der Waals surface area (Å²) in [6.07, 6.45) is 8.32. The molecule has 3 N–H and O–H groups in total. The molecule has 3 unspecified atom stereocenters. The number of likely N-dealkylation sites (tertiary alicyclic amines) is 1. The van der Waals surface area contributed by atoms with E-state index in [4.69, 9.17) is 0 Å². The molecule has 33 heavy (non-hydrogen) atoms. The van der Waals surface area contributed by atoms with Gasteiger partial charge in [-0.3, -0.25) is 9.69 Å². The van der Waals surface area contributed by atoms with E-state index in [1.807, 2.05) is 6.07 Å². The Bertz CT molecular complexity index is 948. The molecule has 7 heteroatoms. The fourth-order valence-electron chi connectivity index (χ4n) is 8.40. The highest BCUT2D eigenvalue weighted by Gasteiger charge is 2.60. The molecule has 1 aliphatic heterocycles. The molecule has 0 radical (unpaired) electrons. The van der Waals surface area contributed by atoms with Gasteiger partial charge in [-0.2, -0.15) is 0 Å². The molecule has 0 aromatic heterocycles. The van der Waals surface area contributed by atoms with Crippen LogP contribution in [0.15, 0.2) is 18.2 Å². The topological polar surface area (TPSA) is 81.7 Å². The first-order valence-corrected chi connectivity index (χ1v) is 12.4. The van der Waals surface area contributed by atoms with E-state index in [0.717, 1.165) is 37.8 Å². The van der Waals surface area contributed by atoms with Crippen LogP contribution in [0.4, 0.5) is 14.9 Å². The molecule has 1 heterocycles. The highest BCUT2D eigenvalue weighted by molar-refractivity contribution is 5.90. The Morgan fingerprint density at radius 2 is 1.88 bits per heavy atom. The minimum absolute atomic E-state index is 0.181. The Kier molecular flexibility index (Phi) is 5.46. The van der Waals surface area contributed by atoms with Gasteiger partial charge in [0.2, 0.25) is 0 Å². The van der Waals surface area contributed by atoms with Crippen molar-refractivity contribution in [1.82, 2.24) is 10.2 Å². The molecule has 2 amide bonds. The highest BCUT2D eigenvalue weighted by atomic mass is 19.1. The third-order valence-corrected chi connectivity index (χ3v) is 8.55. The quantitative estimate of drug-likeness (QED) is 0.582. The van der Waals surface area contributed by atoms with Crippen molar-refractivity contribution < 1.29 is 19.1 Å². The number of carboxylic acid groups (broad SMARTS) is 1. The van der Waals surface area contributed by atoms with Crippen molar-refractivity contribution in [2.75, 3.05) is 18.4 Å². The van der Waals surface area contributed by atoms with Crippen LogP contribution < -0.4 is 10.6 Å². The van der Waals surface area contributed by atoms with Gasteiger partial charge < -0.3 is 15.7 Å². The summed E-state index contributed by atoms with van der Waals surface area (Å²) in [5, 5.41) is 15.3. The number of hydrogen-bond acceptors (Lipinski definition) is 3. The molecule has 5 fully saturated rings. The minimum atomic E-state index is -0.765. The number of benzene rings is 1. The van der Waals surface area contributed by atoms with Gasteiger partial charge in [0.25, 0.3) is 0 Å². The number of hydrogen-bond donors (Lipinski definition) is 3. The van der Waals surface area contributed by atoms with E-state index in [1.165, 1.54) is 25.3 Å². The molecule has 1 aromatic rings. The Balaban J connectivity index is 1.21. The molecule has 180 valence electrons. The molecule has 5 atom stereocenters. The van der Waals surface area contributed by atoms with E-state index in [0.29, 0.717) is 36.3 Å². The SMILES string of the molecule is C[C@]12CC3CC(NC(=O)Nc4ccc(CN5CCCC(C(=O)O)C5)cc4F)(C1)C[C@@](C)(C3)C2. The van der Waals surface area contributed by atoms with Crippen molar-refractivity contribution in [1.29, 1.82) is 0 Å². The van der Waals surface area contributed by atoms with Crippen LogP contribution in [0, 0.1) is 28.5 Å². The summed E-state index contributed by atoms with van der Waals surface area (Å²) in [5.74, 6) is -0.914. The number of piperidine rings is 1. The summed E-state index contributed by atoms with van der Waals surface area (Å²) in [6, 6.07) is 4.56. The number of nitrogens with zero attached hydrogens (tertiary/aromatic N) is 1. The zero-order valence-corrected chi connectivity index (χ0v) is 19.8. The number of anilines is 1. The van der Waals surface area contributed by atoms with Crippen LogP contribution in [0.25, 0.3) is 0 Å². The lowest BCUT2D eigenvalue weighted by atomic mass is 9.43. The van der Waals surface area contributed by atoms with Crippen molar-refractivity contribution in [3.63, 3.8) is 0 Å². The molecule has 6 rings (SSSR count). The van der Waals surface area contributed by atoms with E-state index in [-0.39, 0.29) is 23.2 Å². The van der Waals surface area contributed by atoms with E-state index in [2.05, 4.69) is 29.4 Å². The van der Waals surface area contributed by atoms with Gasteiger partial charge in [0.15, 0.2) is 0 Å². The van der Waals surface area contributed by atoms with Crippen LogP contribution in [0.1, 0.15) is 70.8 Å². The average Bonchev–Trinajstić information content (AvgIpc) is 2.67. The van der Waals surface area contributed by atoms with Crippen LogP contribution in [0.5, 0.6) is 0 Å². The van der Waals surface area contributed by atoms with E-state index >= 15 is 0 Å². The standard InChI is InChI=1S/C26H36FN3O3/c1-24-9-18-10-25(2,14-24)16-26(11-18,15-24)29-23(33)28-21-6-5-17(8-20(21)27)12-30-7-3-4-19(13-30)22(31)32/h5-6,8,18-19H,3-4,7,9-16H2,1-2H3,(H,31,32)(H2,28,29,33)/t18?,19?,24-,25+,26?. The second kappa shape index (κ2) is 7.97. The van der Waals surface area contributed by atoms with Gasteiger partial charge in [0.1, 0.15) is 5.82 Å². The lowest BCUT2D eigenvalue weighted by Gasteiger charge is -2.65. The van der Waals surface area contributed by atoms with Crippen molar-refractivity contribution in [2.45, 2.75) is 77.3 Å². The molecule has 4 aliphatic carbocycles. The number of nitrogens with one attached hydrogen (secondary N) is 2. The van der Waals surface area contributed by atoms with Gasteiger partial charge in [-0.05, 0) is 92.4 Å². The van der Waals surface area contributed by atoms with Gasteiger partial charge in [-0.1, -0.05) is 19.9 Å². The number of amides is 2. The first kappa shape index (κ1) is 22.6. The second-order valence-electron chi connectivity index (χ2n) is 12.2. The van der Waals surface area contributed by atoms with Gasteiger partial charge in [-0.25, -0.2) is 9.18 Å². The van der Waals surface area contributed by atoms with Crippen LogP contribution >= 0.6 is 0 Å². The molecule has 0 spiro atoms. The summed E-state index contributed by atoms with van der Waals surface area (Å²) in [6.45, 7) is 6.54. The number of rotatable bonds is 5. The summed E-state index contributed by atoms with van der Waals surface area (Å²) >= 11 is 0. The number of aliphatic carboxylic acids is 1. The summed E-state index contributed by atoms with van der Waals surface area (Å²) in [4.78, 5) is 26.3. The van der Waals surface area contributed by atoms with Crippen LogP contribution in [0.2, 0.25) is 0 Å². The van der Waals surface area contributed by atoms with E-state index in [1.54, 1.807) is 6.07 Å². The van der Waals surface area contributed by atoms with Crippen molar-refractivity contribution in [3.8, 4) is 0 Å². The van der Waals surface area contributed by atoms with E-state index < -0.39 is 11.8 Å². The van der Waals surface area contributed by atoms with Crippen LogP contribution in [-0.4, -0.2) is 40.6 Å². The molecular formula is C26H36FN3O3. The highest BCUT2D eigenvalue weighted by Crippen LogP contribution is 2.66. The van der Waals surface area contributed by atoms with Crippen molar-refractivity contribution in [3.05, 3.63) is 29.6 Å². The number of carbonyl (C=O) groups is 2. The van der Waals surface area contributed by atoms with Gasteiger partial charge >= 0.3 is 12.0 Å². The predicted molar refractivity (Wildman–Crippen MR) is 124 cm³/mol.